The van der Waals surface area contributed by atoms with Gasteiger partial charge in [-0.2, -0.15) is 0 Å². The first-order valence-electron chi connectivity index (χ1n) is 6.97. The first-order chi connectivity index (χ1) is 10.4. The van der Waals surface area contributed by atoms with E-state index in [0.29, 0.717) is 11.6 Å². The molecule has 0 bridgehead atoms. The molecule has 22 heavy (non-hydrogen) atoms. The van der Waals surface area contributed by atoms with E-state index in [-0.39, 0.29) is 50.6 Å². The number of imide groups is 2. The number of likely N-dealkylation sites (tertiary alicyclic amines) is 1. The number of rotatable bonds is 6. The van der Waals surface area contributed by atoms with Crippen LogP contribution in [0, 0.1) is 0 Å². The van der Waals surface area contributed by atoms with E-state index in [1.54, 1.807) is 11.9 Å². The molecule has 0 unspecified atom stereocenters. The third-order valence-corrected chi connectivity index (χ3v) is 3.46. The summed E-state index contributed by atoms with van der Waals surface area (Å²) in [5.74, 6) is -2.24. The molecular formula is C13H17N3O6. The van der Waals surface area contributed by atoms with Gasteiger partial charge in [0.15, 0.2) is 0 Å². The number of hydrogen-bond acceptors (Lipinski definition) is 7. The van der Waals surface area contributed by atoms with Gasteiger partial charge in [-0.3, -0.25) is 29.0 Å². The minimum Gasteiger partial charge on any atom is -0.329 e. The van der Waals surface area contributed by atoms with Crippen LogP contribution in [0.25, 0.3) is 0 Å². The molecule has 0 spiro atoms. The SMILES string of the molecule is CN(CCN1C(=O)CCC1=O)CC(=O)ON1C(=O)CCC1=O. The summed E-state index contributed by atoms with van der Waals surface area (Å²) in [6.45, 7) is 0.338. The van der Waals surface area contributed by atoms with E-state index < -0.39 is 17.8 Å². The van der Waals surface area contributed by atoms with Crippen LogP contribution in [0.2, 0.25) is 0 Å². The van der Waals surface area contributed by atoms with Crippen molar-refractivity contribution in [3.05, 3.63) is 0 Å². The summed E-state index contributed by atoms with van der Waals surface area (Å²) in [6, 6.07) is 0. The Morgan fingerprint density at radius 1 is 1.00 bits per heavy atom. The molecule has 0 saturated carbocycles. The van der Waals surface area contributed by atoms with Gasteiger partial charge in [0.05, 0.1) is 6.54 Å². The Kier molecular flexibility index (Phi) is 4.86. The number of hydrogen-bond donors (Lipinski definition) is 0. The minimum atomic E-state index is -0.745. The lowest BCUT2D eigenvalue weighted by molar-refractivity contribution is -0.198. The zero-order valence-corrected chi connectivity index (χ0v) is 12.2. The van der Waals surface area contributed by atoms with E-state index in [9.17, 15) is 24.0 Å². The summed E-state index contributed by atoms with van der Waals surface area (Å²) in [7, 11) is 1.61. The largest absolute Gasteiger partial charge is 0.347 e. The number of carbonyl (C=O) groups is 5. The van der Waals surface area contributed by atoms with Gasteiger partial charge in [0.1, 0.15) is 0 Å². The lowest BCUT2D eigenvalue weighted by Crippen LogP contribution is -2.40. The minimum absolute atomic E-state index is 0.0428. The van der Waals surface area contributed by atoms with E-state index in [0.717, 1.165) is 4.90 Å². The lowest BCUT2D eigenvalue weighted by Gasteiger charge is -2.20. The van der Waals surface area contributed by atoms with Crippen LogP contribution in [-0.4, -0.2) is 71.1 Å². The van der Waals surface area contributed by atoms with Gasteiger partial charge in [0, 0.05) is 38.8 Å². The smallest absolute Gasteiger partial charge is 0.329 e. The maximum Gasteiger partial charge on any atom is 0.347 e. The number of amides is 4. The molecule has 9 nitrogen and oxygen atoms in total. The van der Waals surface area contributed by atoms with Gasteiger partial charge in [0.25, 0.3) is 11.8 Å². The van der Waals surface area contributed by atoms with Crippen molar-refractivity contribution in [1.82, 2.24) is 14.9 Å². The highest BCUT2D eigenvalue weighted by Gasteiger charge is 2.33. The first kappa shape index (κ1) is 16.1. The van der Waals surface area contributed by atoms with E-state index in [2.05, 4.69) is 0 Å². The first-order valence-corrected chi connectivity index (χ1v) is 6.97. The molecule has 4 amide bonds. The van der Waals surface area contributed by atoms with Gasteiger partial charge in [-0.05, 0) is 7.05 Å². The summed E-state index contributed by atoms with van der Waals surface area (Å²) >= 11 is 0. The molecule has 2 rings (SSSR count). The standard InChI is InChI=1S/C13H17N3O6/c1-14(6-7-15-9(17)2-3-10(15)18)8-13(21)22-16-11(19)4-5-12(16)20/h2-8H2,1H3. The summed E-state index contributed by atoms with van der Waals surface area (Å²) in [6.07, 6.45) is 0.538. The highest BCUT2D eigenvalue weighted by molar-refractivity contribution is 6.02. The molecule has 120 valence electrons. The molecule has 2 aliphatic heterocycles. The molecule has 2 saturated heterocycles. The lowest BCUT2D eigenvalue weighted by atomic mass is 10.4. The van der Waals surface area contributed by atoms with Crippen LogP contribution in [0.1, 0.15) is 25.7 Å². The van der Waals surface area contributed by atoms with Crippen molar-refractivity contribution in [2.75, 3.05) is 26.7 Å². The Morgan fingerprint density at radius 2 is 1.50 bits per heavy atom. The third-order valence-electron chi connectivity index (χ3n) is 3.46. The van der Waals surface area contributed by atoms with E-state index in [1.807, 2.05) is 0 Å². The topological polar surface area (TPSA) is 104 Å². The summed E-state index contributed by atoms with van der Waals surface area (Å²) in [5, 5.41) is 0.490. The summed E-state index contributed by atoms with van der Waals surface area (Å²) in [5.41, 5.74) is 0. The fourth-order valence-electron chi connectivity index (χ4n) is 2.23. The Morgan fingerprint density at radius 3 is 2.05 bits per heavy atom. The van der Waals surface area contributed by atoms with Gasteiger partial charge in [-0.1, -0.05) is 0 Å². The highest BCUT2D eigenvalue weighted by Crippen LogP contribution is 2.13. The predicted molar refractivity (Wildman–Crippen MR) is 70.6 cm³/mol. The average molecular weight is 311 g/mol. The van der Waals surface area contributed by atoms with Crippen LogP contribution in [0.15, 0.2) is 0 Å². The van der Waals surface area contributed by atoms with E-state index >= 15 is 0 Å². The van der Waals surface area contributed by atoms with Crippen molar-refractivity contribution >= 4 is 29.6 Å². The van der Waals surface area contributed by atoms with E-state index in [4.69, 9.17) is 4.84 Å². The Hall–Kier alpha value is -2.29. The van der Waals surface area contributed by atoms with Crippen LogP contribution in [0.4, 0.5) is 0 Å². The highest BCUT2D eigenvalue weighted by atomic mass is 16.7. The molecule has 0 aliphatic carbocycles. The number of likely N-dealkylation sites (N-methyl/N-ethyl adjacent to an activating group) is 1. The summed E-state index contributed by atoms with van der Waals surface area (Å²) < 4.78 is 0. The second-order valence-corrected chi connectivity index (χ2v) is 5.22. The van der Waals surface area contributed by atoms with Crippen molar-refractivity contribution in [3.8, 4) is 0 Å². The molecule has 0 radical (unpaired) electrons. The van der Waals surface area contributed by atoms with E-state index in [1.165, 1.54) is 0 Å². The Bertz CT molecular complexity index is 500. The van der Waals surface area contributed by atoms with Crippen molar-refractivity contribution in [1.29, 1.82) is 0 Å². The zero-order chi connectivity index (χ0) is 16.3. The quantitative estimate of drug-likeness (QED) is 0.560. The van der Waals surface area contributed by atoms with Gasteiger partial charge >= 0.3 is 5.97 Å². The molecule has 2 aliphatic rings. The average Bonchev–Trinajstić information content (AvgIpc) is 2.93. The van der Waals surface area contributed by atoms with Crippen LogP contribution >= 0.6 is 0 Å². The second-order valence-electron chi connectivity index (χ2n) is 5.22. The molecule has 0 aromatic heterocycles. The molecule has 9 heteroatoms. The van der Waals surface area contributed by atoms with Crippen LogP contribution in [0.3, 0.4) is 0 Å². The maximum atomic E-state index is 11.7. The van der Waals surface area contributed by atoms with Crippen molar-refractivity contribution in [3.63, 3.8) is 0 Å². The summed E-state index contributed by atoms with van der Waals surface area (Å²) in [4.78, 5) is 64.6. The molecule has 0 N–H and O–H groups in total. The normalized spacial score (nSPS) is 18.8. The molecule has 2 heterocycles. The number of hydroxylamine groups is 2. The van der Waals surface area contributed by atoms with Crippen LogP contribution < -0.4 is 0 Å². The van der Waals surface area contributed by atoms with Crippen molar-refractivity contribution in [2.24, 2.45) is 0 Å². The number of carbonyl (C=O) groups excluding carboxylic acids is 5. The molecular weight excluding hydrogens is 294 g/mol. The molecule has 0 aromatic carbocycles. The van der Waals surface area contributed by atoms with Gasteiger partial charge < -0.3 is 4.84 Å². The molecule has 0 aromatic rings. The van der Waals surface area contributed by atoms with Gasteiger partial charge in [0.2, 0.25) is 11.8 Å². The Labute approximate surface area is 126 Å². The third kappa shape index (κ3) is 3.67. The van der Waals surface area contributed by atoms with Crippen molar-refractivity contribution < 1.29 is 28.8 Å². The van der Waals surface area contributed by atoms with Gasteiger partial charge in [-0.15, -0.1) is 5.06 Å². The maximum absolute atomic E-state index is 11.7. The fraction of sp³-hybridized carbons (Fsp3) is 0.615. The van der Waals surface area contributed by atoms with Crippen LogP contribution in [-0.2, 0) is 28.8 Å². The predicted octanol–water partition coefficient (Wildman–Crippen LogP) is -1.33. The fourth-order valence-corrected chi connectivity index (χ4v) is 2.23. The zero-order valence-electron chi connectivity index (χ0n) is 12.2. The molecule has 0 atom stereocenters. The second kappa shape index (κ2) is 6.65. The molecule has 2 fully saturated rings. The van der Waals surface area contributed by atoms with Crippen molar-refractivity contribution in [2.45, 2.75) is 25.7 Å². The number of nitrogens with zero attached hydrogens (tertiary/aromatic N) is 3. The van der Waals surface area contributed by atoms with Gasteiger partial charge in [-0.25, -0.2) is 4.79 Å². The monoisotopic (exact) mass is 311 g/mol. The van der Waals surface area contributed by atoms with Crippen LogP contribution in [0.5, 0.6) is 0 Å². The Balaban J connectivity index is 1.74.